The summed E-state index contributed by atoms with van der Waals surface area (Å²) in [6.07, 6.45) is 0. The Hall–Kier alpha value is -1.55. The fourth-order valence-corrected chi connectivity index (χ4v) is 2.15. The molecule has 0 aliphatic rings. The predicted octanol–water partition coefficient (Wildman–Crippen LogP) is 3.65. The van der Waals surface area contributed by atoms with Crippen molar-refractivity contribution in [3.8, 4) is 17.0 Å². The minimum Gasteiger partial charge on any atom is -0.494 e. The van der Waals surface area contributed by atoms with Gasteiger partial charge in [-0.05, 0) is 49.1 Å². The maximum absolute atomic E-state index is 5.41. The molecule has 1 aromatic heterocycles. The molecule has 0 aliphatic heterocycles. The lowest BCUT2D eigenvalue weighted by Gasteiger charge is -2.04. The molecule has 3 nitrogen and oxygen atoms in total. The quantitative estimate of drug-likeness (QED) is 0.769. The Morgan fingerprint density at radius 2 is 1.78 bits per heavy atom. The van der Waals surface area contributed by atoms with Crippen molar-refractivity contribution in [2.75, 3.05) is 12.4 Å². The summed E-state index contributed by atoms with van der Waals surface area (Å²) in [5.74, 6) is 1.89. The van der Waals surface area contributed by atoms with E-state index in [0.29, 0.717) is 6.61 Å². The van der Waals surface area contributed by atoms with Gasteiger partial charge in [-0.2, -0.15) is 0 Å². The highest BCUT2D eigenvalue weighted by atomic mass is 32.2. The summed E-state index contributed by atoms with van der Waals surface area (Å²) in [7, 11) is 0. The van der Waals surface area contributed by atoms with Crippen molar-refractivity contribution in [3.63, 3.8) is 0 Å². The van der Waals surface area contributed by atoms with E-state index < -0.39 is 0 Å². The van der Waals surface area contributed by atoms with Gasteiger partial charge in [-0.3, -0.25) is 0 Å². The summed E-state index contributed by atoms with van der Waals surface area (Å²) in [5.41, 5.74) is 1.94. The van der Waals surface area contributed by atoms with Crippen LogP contribution in [0.5, 0.6) is 5.75 Å². The molecule has 94 valence electrons. The molecule has 1 heterocycles. The Bertz CT molecular complexity index is 435. The summed E-state index contributed by atoms with van der Waals surface area (Å²) >= 11 is 1.69. The third kappa shape index (κ3) is 3.23. The third-order valence-corrected chi connectivity index (χ3v) is 3.20. The van der Waals surface area contributed by atoms with E-state index in [9.17, 15) is 0 Å². The number of aromatic nitrogens is 2. The highest BCUT2D eigenvalue weighted by Gasteiger charge is 2.01. The van der Waals surface area contributed by atoms with Gasteiger partial charge in [0.15, 0.2) is 0 Å². The van der Waals surface area contributed by atoms with Crippen LogP contribution in [0.2, 0.25) is 0 Å². The second kappa shape index (κ2) is 6.40. The van der Waals surface area contributed by atoms with Gasteiger partial charge in [0.25, 0.3) is 0 Å². The summed E-state index contributed by atoms with van der Waals surface area (Å²) in [6, 6.07) is 11.9. The molecule has 4 heteroatoms. The summed E-state index contributed by atoms with van der Waals surface area (Å²) in [6.45, 7) is 4.76. The van der Waals surface area contributed by atoms with Crippen molar-refractivity contribution in [1.29, 1.82) is 0 Å². The molecule has 0 amide bonds. The van der Waals surface area contributed by atoms with Crippen LogP contribution in [0.25, 0.3) is 11.3 Å². The average molecular weight is 260 g/mol. The zero-order valence-electron chi connectivity index (χ0n) is 10.6. The monoisotopic (exact) mass is 260 g/mol. The second-order valence-corrected chi connectivity index (χ2v) is 4.93. The summed E-state index contributed by atoms with van der Waals surface area (Å²) in [4.78, 5) is 0. The fourth-order valence-electron chi connectivity index (χ4n) is 1.59. The lowest BCUT2D eigenvalue weighted by molar-refractivity contribution is 0.340. The number of benzene rings is 1. The van der Waals surface area contributed by atoms with Gasteiger partial charge in [0.05, 0.1) is 12.3 Å². The first-order valence-corrected chi connectivity index (χ1v) is 7.01. The van der Waals surface area contributed by atoms with Crippen molar-refractivity contribution in [1.82, 2.24) is 10.2 Å². The molecule has 0 radical (unpaired) electrons. The van der Waals surface area contributed by atoms with Crippen LogP contribution >= 0.6 is 11.8 Å². The SMILES string of the molecule is CCOc1ccc(-c2ccc(SCC)nn2)cc1. The number of ether oxygens (including phenoxy) is 1. The molecule has 0 saturated carbocycles. The van der Waals surface area contributed by atoms with Crippen LogP contribution in [-0.2, 0) is 0 Å². The van der Waals surface area contributed by atoms with E-state index in [2.05, 4.69) is 17.1 Å². The number of nitrogens with zero attached hydrogens (tertiary/aromatic N) is 2. The van der Waals surface area contributed by atoms with E-state index in [4.69, 9.17) is 4.74 Å². The maximum atomic E-state index is 5.41. The van der Waals surface area contributed by atoms with Gasteiger partial charge in [0, 0.05) is 5.56 Å². The van der Waals surface area contributed by atoms with Gasteiger partial charge < -0.3 is 4.74 Å². The minimum atomic E-state index is 0.683. The largest absolute Gasteiger partial charge is 0.494 e. The van der Waals surface area contributed by atoms with Crippen LogP contribution in [0.3, 0.4) is 0 Å². The maximum Gasteiger partial charge on any atom is 0.119 e. The van der Waals surface area contributed by atoms with Gasteiger partial charge in [-0.25, -0.2) is 0 Å². The zero-order chi connectivity index (χ0) is 12.8. The first-order valence-electron chi connectivity index (χ1n) is 6.03. The van der Waals surface area contributed by atoms with Crippen molar-refractivity contribution < 1.29 is 4.74 Å². The summed E-state index contributed by atoms with van der Waals surface area (Å²) < 4.78 is 5.41. The van der Waals surface area contributed by atoms with Crippen LogP contribution in [-0.4, -0.2) is 22.6 Å². The van der Waals surface area contributed by atoms with Gasteiger partial charge >= 0.3 is 0 Å². The Morgan fingerprint density at radius 1 is 1.00 bits per heavy atom. The molecule has 1 aromatic carbocycles. The molecule has 0 bridgehead atoms. The van der Waals surface area contributed by atoms with Crippen LogP contribution in [0, 0.1) is 0 Å². The fraction of sp³-hybridized carbons (Fsp3) is 0.286. The normalized spacial score (nSPS) is 10.3. The van der Waals surface area contributed by atoms with E-state index in [-0.39, 0.29) is 0 Å². The number of rotatable bonds is 5. The number of hydrogen-bond donors (Lipinski definition) is 0. The first-order chi connectivity index (χ1) is 8.83. The van der Waals surface area contributed by atoms with Crippen molar-refractivity contribution >= 4 is 11.8 Å². The number of hydrogen-bond acceptors (Lipinski definition) is 4. The predicted molar refractivity (Wildman–Crippen MR) is 75.0 cm³/mol. The Labute approximate surface area is 112 Å². The first kappa shape index (κ1) is 12.9. The topological polar surface area (TPSA) is 35.0 Å². The highest BCUT2D eigenvalue weighted by Crippen LogP contribution is 2.22. The Balaban J connectivity index is 2.15. The molecule has 0 fully saturated rings. The van der Waals surface area contributed by atoms with Gasteiger partial charge in [0.1, 0.15) is 10.8 Å². The minimum absolute atomic E-state index is 0.683. The molecule has 2 rings (SSSR count). The molecule has 2 aromatic rings. The van der Waals surface area contributed by atoms with Crippen molar-refractivity contribution in [2.45, 2.75) is 18.9 Å². The molecular formula is C14H16N2OS. The lowest BCUT2D eigenvalue weighted by atomic mass is 10.1. The molecule has 0 unspecified atom stereocenters. The van der Waals surface area contributed by atoms with E-state index in [1.807, 2.05) is 43.3 Å². The second-order valence-electron chi connectivity index (χ2n) is 3.65. The van der Waals surface area contributed by atoms with Crippen molar-refractivity contribution in [2.24, 2.45) is 0 Å². The zero-order valence-corrected chi connectivity index (χ0v) is 11.4. The third-order valence-electron chi connectivity index (χ3n) is 2.39. The standard InChI is InChI=1S/C14H16N2OS/c1-3-17-12-7-5-11(6-8-12)13-9-10-14(16-15-13)18-4-2/h5-10H,3-4H2,1-2H3. The summed E-state index contributed by atoms with van der Waals surface area (Å²) in [5, 5.41) is 9.38. The molecular weight excluding hydrogens is 244 g/mol. The molecule has 0 aliphatic carbocycles. The van der Waals surface area contributed by atoms with Crippen LogP contribution in [0.4, 0.5) is 0 Å². The van der Waals surface area contributed by atoms with Crippen LogP contribution in [0.1, 0.15) is 13.8 Å². The molecule has 0 N–H and O–H groups in total. The van der Waals surface area contributed by atoms with E-state index in [1.165, 1.54) is 0 Å². The van der Waals surface area contributed by atoms with Crippen LogP contribution < -0.4 is 4.74 Å². The smallest absolute Gasteiger partial charge is 0.119 e. The average Bonchev–Trinajstić information content (AvgIpc) is 2.41. The van der Waals surface area contributed by atoms with Crippen molar-refractivity contribution in [3.05, 3.63) is 36.4 Å². The molecule has 18 heavy (non-hydrogen) atoms. The van der Waals surface area contributed by atoms with E-state index in [1.54, 1.807) is 11.8 Å². The van der Waals surface area contributed by atoms with Gasteiger partial charge in [-0.1, -0.05) is 6.92 Å². The molecule has 0 saturated heterocycles. The van der Waals surface area contributed by atoms with Gasteiger partial charge in [0.2, 0.25) is 0 Å². The van der Waals surface area contributed by atoms with E-state index >= 15 is 0 Å². The number of thioether (sulfide) groups is 1. The Kier molecular flexibility index (Phi) is 4.59. The van der Waals surface area contributed by atoms with Gasteiger partial charge in [-0.15, -0.1) is 22.0 Å². The highest BCUT2D eigenvalue weighted by molar-refractivity contribution is 7.99. The Morgan fingerprint density at radius 3 is 2.33 bits per heavy atom. The molecule has 0 atom stereocenters. The van der Waals surface area contributed by atoms with Crippen LogP contribution in [0.15, 0.2) is 41.4 Å². The lowest BCUT2D eigenvalue weighted by Crippen LogP contribution is -1.92. The molecule has 0 spiro atoms. The van der Waals surface area contributed by atoms with E-state index in [0.717, 1.165) is 27.8 Å².